The smallest absolute Gasteiger partial charge is 0.384 e. The number of hydrogen-bond donors (Lipinski definition) is 4. The Kier molecular flexibility index (Phi) is 11.3. The van der Waals surface area contributed by atoms with Crippen LogP contribution in [0.2, 0.25) is 0 Å². The molecular weight excluding hydrogens is 455 g/mol. The molecule has 1 aliphatic rings. The monoisotopic (exact) mass is 484 g/mol. The van der Waals surface area contributed by atoms with Gasteiger partial charge in [-0.05, 0) is 50.1 Å². The van der Waals surface area contributed by atoms with E-state index in [1.54, 1.807) is 6.08 Å². The number of nitriles is 1. The fourth-order valence-corrected chi connectivity index (χ4v) is 2.32. The molecule has 0 fully saturated rings. The van der Waals surface area contributed by atoms with Crippen LogP contribution in [0.4, 0.5) is 33.5 Å². The number of nitrogen functional groups attached to an aromatic ring is 1. The Morgan fingerprint density at radius 3 is 2.24 bits per heavy atom. The van der Waals surface area contributed by atoms with Crippen molar-refractivity contribution in [1.82, 2.24) is 4.98 Å². The summed E-state index contributed by atoms with van der Waals surface area (Å²) >= 11 is 0. The summed E-state index contributed by atoms with van der Waals surface area (Å²) < 4.78 is 61.0. The van der Waals surface area contributed by atoms with E-state index in [1.165, 1.54) is 6.07 Å². The topological polar surface area (TPSA) is 122 Å². The third-order valence-corrected chi connectivity index (χ3v) is 4.39. The van der Waals surface area contributed by atoms with Crippen LogP contribution in [-0.4, -0.2) is 35.6 Å². The lowest BCUT2D eigenvalue weighted by atomic mass is 9.81. The maximum atomic E-state index is 12.6. The third-order valence-electron chi connectivity index (χ3n) is 4.39. The molecule has 2 rings (SSSR count). The Hall–Kier alpha value is -3.55. The molecule has 11 heteroatoms. The van der Waals surface area contributed by atoms with Crippen molar-refractivity contribution in [3.8, 4) is 6.07 Å². The van der Waals surface area contributed by atoms with Gasteiger partial charge in [-0.25, -0.2) is 4.98 Å². The van der Waals surface area contributed by atoms with Crippen LogP contribution in [0, 0.1) is 27.6 Å². The fourth-order valence-electron chi connectivity index (χ4n) is 2.32. The zero-order valence-electron chi connectivity index (χ0n) is 19.6. The summed E-state index contributed by atoms with van der Waals surface area (Å²) in [5, 5.41) is 25.5. The Bertz CT molecular complexity index is 998. The van der Waals surface area contributed by atoms with Gasteiger partial charge in [-0.2, -0.15) is 27.2 Å². The molecule has 34 heavy (non-hydrogen) atoms. The minimum Gasteiger partial charge on any atom is -0.384 e. The molecule has 0 bridgehead atoms. The molecule has 1 aliphatic carbocycles. The third kappa shape index (κ3) is 8.42. The van der Waals surface area contributed by atoms with E-state index in [2.05, 4.69) is 11.1 Å². The quantitative estimate of drug-likeness (QED) is 0.289. The molecule has 0 aromatic carbocycles. The number of hydrogen-bond acceptors (Lipinski definition) is 6. The highest BCUT2D eigenvalue weighted by Crippen LogP contribution is 2.35. The lowest BCUT2D eigenvalue weighted by Crippen LogP contribution is -2.42. The largest absolute Gasteiger partial charge is 0.455 e. The van der Waals surface area contributed by atoms with Crippen molar-refractivity contribution in [2.45, 2.75) is 46.7 Å². The Morgan fingerprint density at radius 1 is 1.18 bits per heavy atom. The van der Waals surface area contributed by atoms with Crippen LogP contribution in [0.5, 0.6) is 0 Å². The van der Waals surface area contributed by atoms with Gasteiger partial charge in [0, 0.05) is 11.8 Å². The molecule has 0 saturated carbocycles. The van der Waals surface area contributed by atoms with E-state index >= 15 is 0 Å². The molecular formula is C23H29F5N6. The first-order valence-corrected chi connectivity index (χ1v) is 10.2. The van der Waals surface area contributed by atoms with E-state index in [-0.39, 0.29) is 17.1 Å². The van der Waals surface area contributed by atoms with Gasteiger partial charge in [0.15, 0.2) is 0 Å². The van der Waals surface area contributed by atoms with Gasteiger partial charge in [-0.15, -0.1) is 0 Å². The van der Waals surface area contributed by atoms with E-state index in [9.17, 15) is 22.0 Å². The average molecular weight is 485 g/mol. The van der Waals surface area contributed by atoms with Crippen molar-refractivity contribution in [1.29, 1.82) is 16.1 Å². The molecule has 0 unspecified atom stereocenters. The lowest BCUT2D eigenvalue weighted by Gasteiger charge is -2.20. The van der Waals surface area contributed by atoms with Gasteiger partial charge < -0.3 is 21.9 Å². The van der Waals surface area contributed by atoms with E-state index in [4.69, 9.17) is 21.8 Å². The molecule has 0 saturated heterocycles. The number of pyridine rings is 1. The van der Waals surface area contributed by atoms with Gasteiger partial charge in [-0.1, -0.05) is 26.0 Å². The number of allylic oxidation sites excluding steroid dienone is 6. The number of aromatic nitrogens is 1. The molecule has 0 aliphatic heterocycles. The standard InChI is InChI=1S/C12H14N2.C9H9F5N4.C2H6/c1-4-9-7-10(5-6-11(9)14)12(2,3)8-13;10-8(11,9(12,13)14)4-18-6-3-17-7(16)1-5(6)2-15;1-2/h4-7,14H,1-3H3;1-3,15,18H,4H2,(H2,16,17);1-2H3/b9-4+,14-11?;;. The minimum atomic E-state index is -5.63. The highest BCUT2D eigenvalue weighted by Gasteiger charge is 2.57. The van der Waals surface area contributed by atoms with Gasteiger partial charge in [0.1, 0.15) is 5.82 Å². The molecule has 0 radical (unpaired) electrons. The maximum absolute atomic E-state index is 12.6. The van der Waals surface area contributed by atoms with Gasteiger partial charge in [0.25, 0.3) is 0 Å². The van der Waals surface area contributed by atoms with Gasteiger partial charge in [-0.3, -0.25) is 0 Å². The van der Waals surface area contributed by atoms with Crippen molar-refractivity contribution >= 4 is 23.4 Å². The molecule has 0 amide bonds. The van der Waals surface area contributed by atoms with Crippen LogP contribution >= 0.6 is 0 Å². The van der Waals surface area contributed by atoms with E-state index in [1.807, 2.05) is 58.2 Å². The Morgan fingerprint density at radius 2 is 1.76 bits per heavy atom. The normalized spacial score (nSPS) is 14.7. The summed E-state index contributed by atoms with van der Waals surface area (Å²) in [4.78, 5) is 3.54. The van der Waals surface area contributed by atoms with Crippen LogP contribution in [0.3, 0.4) is 0 Å². The first-order valence-electron chi connectivity index (χ1n) is 10.2. The molecule has 186 valence electrons. The van der Waals surface area contributed by atoms with Crippen LogP contribution in [-0.2, 0) is 0 Å². The highest BCUT2D eigenvalue weighted by molar-refractivity contribution is 6.09. The van der Waals surface area contributed by atoms with Crippen molar-refractivity contribution < 1.29 is 22.0 Å². The zero-order valence-corrected chi connectivity index (χ0v) is 19.6. The zero-order chi connectivity index (χ0) is 26.7. The van der Waals surface area contributed by atoms with Crippen molar-refractivity contribution in [3.63, 3.8) is 0 Å². The Labute approximate surface area is 196 Å². The predicted octanol–water partition coefficient (Wildman–Crippen LogP) is 6.30. The maximum Gasteiger partial charge on any atom is 0.455 e. The highest BCUT2D eigenvalue weighted by atomic mass is 19.4. The van der Waals surface area contributed by atoms with E-state index < -0.39 is 24.1 Å². The predicted molar refractivity (Wildman–Crippen MR) is 125 cm³/mol. The number of nitrogens with zero attached hydrogens (tertiary/aromatic N) is 2. The van der Waals surface area contributed by atoms with Crippen molar-refractivity contribution in [2.75, 3.05) is 17.6 Å². The number of nitrogens with one attached hydrogen (secondary N) is 3. The Balaban J connectivity index is 0.000000613. The molecule has 5 N–H and O–H groups in total. The molecule has 1 aromatic heterocycles. The first-order chi connectivity index (χ1) is 15.7. The van der Waals surface area contributed by atoms with Crippen LogP contribution < -0.4 is 11.1 Å². The lowest BCUT2D eigenvalue weighted by molar-refractivity contribution is -0.275. The van der Waals surface area contributed by atoms with Gasteiger partial charge in [0.05, 0.1) is 35.6 Å². The molecule has 1 heterocycles. The summed E-state index contributed by atoms with van der Waals surface area (Å²) in [5.74, 6) is -4.84. The van der Waals surface area contributed by atoms with Gasteiger partial charge in [0.2, 0.25) is 0 Å². The number of rotatable bonds is 5. The number of alkyl halides is 5. The second-order valence-corrected chi connectivity index (χ2v) is 7.22. The number of halogens is 5. The molecule has 6 nitrogen and oxygen atoms in total. The van der Waals surface area contributed by atoms with Crippen LogP contribution in [0.1, 0.15) is 40.2 Å². The van der Waals surface area contributed by atoms with Crippen LogP contribution in [0.15, 0.2) is 47.7 Å². The summed E-state index contributed by atoms with van der Waals surface area (Å²) in [6.45, 7) is 8.02. The fraction of sp³-hybridized carbons (Fsp3) is 0.391. The molecule has 0 spiro atoms. The van der Waals surface area contributed by atoms with E-state index in [0.717, 1.165) is 23.6 Å². The van der Waals surface area contributed by atoms with Crippen molar-refractivity contribution in [3.05, 3.63) is 53.3 Å². The summed E-state index contributed by atoms with van der Waals surface area (Å²) in [6.07, 6.45) is 3.51. The first kappa shape index (κ1) is 30.5. The second-order valence-electron chi connectivity index (χ2n) is 7.22. The van der Waals surface area contributed by atoms with Crippen molar-refractivity contribution in [2.24, 2.45) is 5.41 Å². The molecule has 0 atom stereocenters. The average Bonchev–Trinajstić information content (AvgIpc) is 2.79. The number of anilines is 2. The van der Waals surface area contributed by atoms with E-state index in [0.29, 0.717) is 5.71 Å². The summed E-state index contributed by atoms with van der Waals surface area (Å²) in [5.41, 5.74) is 7.10. The SMILES string of the molecule is C/C=C1\C=C(C(C)(C)C#N)C=CC1=N.CC.N=Cc1cc(N)ncc1NCC(F)(F)C(F)(F)F. The second kappa shape index (κ2) is 12.6. The van der Waals surface area contributed by atoms with Crippen LogP contribution in [0.25, 0.3) is 0 Å². The molecule has 1 aromatic rings. The summed E-state index contributed by atoms with van der Waals surface area (Å²) in [7, 11) is 0. The van der Waals surface area contributed by atoms with Gasteiger partial charge >= 0.3 is 12.1 Å². The number of nitrogens with two attached hydrogens (primary N) is 1. The minimum absolute atomic E-state index is 0.0293. The summed E-state index contributed by atoms with van der Waals surface area (Å²) in [6, 6.07) is 3.43.